The number of aromatic carboxylic acids is 1. The van der Waals surface area contributed by atoms with Crippen molar-refractivity contribution >= 4 is 5.97 Å². The number of carboxylic acids is 1. The predicted molar refractivity (Wildman–Crippen MR) is 55.4 cm³/mol. The second-order valence-electron chi connectivity index (χ2n) is 2.95. The maximum absolute atomic E-state index is 10.7. The van der Waals surface area contributed by atoms with Gasteiger partial charge in [0.2, 0.25) is 0 Å². The normalized spacial score (nSPS) is 9.60. The van der Waals surface area contributed by atoms with Crippen molar-refractivity contribution in [3.8, 4) is 11.5 Å². The van der Waals surface area contributed by atoms with E-state index in [1.54, 1.807) is 6.08 Å². The quantitative estimate of drug-likeness (QED) is 0.574. The summed E-state index contributed by atoms with van der Waals surface area (Å²) < 4.78 is 5.22. The molecule has 0 amide bonds. The highest BCUT2D eigenvalue weighted by Gasteiger charge is 2.06. The van der Waals surface area contributed by atoms with Gasteiger partial charge in [0, 0.05) is 6.07 Å². The molecule has 15 heavy (non-hydrogen) atoms. The van der Waals surface area contributed by atoms with E-state index in [4.69, 9.17) is 9.84 Å². The maximum Gasteiger partial charge on any atom is 0.335 e. The fraction of sp³-hybridized carbons (Fsp3) is 0.182. The fourth-order valence-electron chi connectivity index (χ4n) is 1.05. The Bertz CT molecular complexity index is 371. The zero-order valence-corrected chi connectivity index (χ0v) is 8.14. The molecule has 0 fully saturated rings. The number of ether oxygens (including phenoxy) is 1. The van der Waals surface area contributed by atoms with Crippen molar-refractivity contribution in [2.24, 2.45) is 0 Å². The van der Waals surface area contributed by atoms with Crippen molar-refractivity contribution in [3.05, 3.63) is 36.4 Å². The Labute approximate surface area is 87.4 Å². The molecule has 0 aromatic heterocycles. The lowest BCUT2D eigenvalue weighted by atomic mass is 10.2. The average Bonchev–Trinajstić information content (AvgIpc) is 2.17. The number of rotatable bonds is 5. The molecule has 0 aliphatic rings. The highest BCUT2D eigenvalue weighted by molar-refractivity contribution is 5.88. The highest BCUT2D eigenvalue weighted by Crippen LogP contribution is 2.21. The van der Waals surface area contributed by atoms with E-state index in [2.05, 4.69) is 6.58 Å². The van der Waals surface area contributed by atoms with Crippen molar-refractivity contribution in [1.82, 2.24) is 0 Å². The van der Waals surface area contributed by atoms with Gasteiger partial charge in [-0.1, -0.05) is 6.08 Å². The Morgan fingerprint density at radius 1 is 1.47 bits per heavy atom. The van der Waals surface area contributed by atoms with Crippen molar-refractivity contribution in [2.45, 2.75) is 6.42 Å². The van der Waals surface area contributed by atoms with E-state index >= 15 is 0 Å². The van der Waals surface area contributed by atoms with Crippen molar-refractivity contribution in [1.29, 1.82) is 0 Å². The standard InChI is InChI=1S/C11H12O4/c1-2-3-4-15-10-6-8(11(13)14)5-9(12)7-10/h2,5-7,12H,1,3-4H2,(H,13,14). The van der Waals surface area contributed by atoms with Crippen molar-refractivity contribution in [2.75, 3.05) is 6.61 Å². The summed E-state index contributed by atoms with van der Waals surface area (Å²) in [4.78, 5) is 10.7. The van der Waals surface area contributed by atoms with Gasteiger partial charge in [0.25, 0.3) is 0 Å². The summed E-state index contributed by atoms with van der Waals surface area (Å²) >= 11 is 0. The van der Waals surface area contributed by atoms with Crippen molar-refractivity contribution < 1.29 is 19.7 Å². The Balaban J connectivity index is 2.79. The number of phenols is 1. The number of benzene rings is 1. The Kier molecular flexibility index (Phi) is 3.74. The first-order valence-corrected chi connectivity index (χ1v) is 4.44. The summed E-state index contributed by atoms with van der Waals surface area (Å²) in [6.45, 7) is 3.94. The first kappa shape index (κ1) is 11.1. The topological polar surface area (TPSA) is 66.8 Å². The largest absolute Gasteiger partial charge is 0.508 e. The van der Waals surface area contributed by atoms with Gasteiger partial charge < -0.3 is 14.9 Å². The summed E-state index contributed by atoms with van der Waals surface area (Å²) in [6, 6.07) is 3.91. The monoisotopic (exact) mass is 208 g/mol. The van der Waals surface area contributed by atoms with Gasteiger partial charge in [0.15, 0.2) is 0 Å². The SMILES string of the molecule is C=CCCOc1cc(O)cc(C(=O)O)c1. The molecule has 0 aliphatic carbocycles. The summed E-state index contributed by atoms with van der Waals surface area (Å²) in [5.74, 6) is -0.878. The zero-order chi connectivity index (χ0) is 11.3. The summed E-state index contributed by atoms with van der Waals surface area (Å²) in [5, 5.41) is 18.0. The van der Waals surface area contributed by atoms with Crippen LogP contribution in [0.4, 0.5) is 0 Å². The van der Waals surface area contributed by atoms with E-state index < -0.39 is 5.97 Å². The minimum Gasteiger partial charge on any atom is -0.508 e. The number of carboxylic acid groups (broad SMARTS) is 1. The molecule has 0 unspecified atom stereocenters. The molecule has 0 heterocycles. The lowest BCUT2D eigenvalue weighted by molar-refractivity contribution is 0.0696. The number of carbonyl (C=O) groups is 1. The highest BCUT2D eigenvalue weighted by atomic mass is 16.5. The van der Waals surface area contributed by atoms with E-state index in [-0.39, 0.29) is 11.3 Å². The summed E-state index contributed by atoms with van der Waals surface area (Å²) in [7, 11) is 0. The van der Waals surface area contributed by atoms with E-state index in [0.717, 1.165) is 0 Å². The molecule has 0 radical (unpaired) electrons. The molecule has 0 aliphatic heterocycles. The van der Waals surface area contributed by atoms with Gasteiger partial charge in [-0.05, 0) is 18.6 Å². The summed E-state index contributed by atoms with van der Waals surface area (Å²) in [5.41, 5.74) is 0.00334. The second-order valence-corrected chi connectivity index (χ2v) is 2.95. The zero-order valence-electron chi connectivity index (χ0n) is 8.14. The number of hydrogen-bond donors (Lipinski definition) is 2. The van der Waals surface area contributed by atoms with Gasteiger partial charge >= 0.3 is 5.97 Å². The van der Waals surface area contributed by atoms with E-state index in [0.29, 0.717) is 18.8 Å². The van der Waals surface area contributed by atoms with Crippen LogP contribution in [0.1, 0.15) is 16.8 Å². The molecular weight excluding hydrogens is 196 g/mol. The minimum absolute atomic E-state index is 0.00334. The third kappa shape index (κ3) is 3.34. The first-order valence-electron chi connectivity index (χ1n) is 4.44. The average molecular weight is 208 g/mol. The second kappa shape index (κ2) is 5.05. The molecule has 1 aromatic carbocycles. The van der Waals surface area contributed by atoms with Crippen LogP contribution in [0.3, 0.4) is 0 Å². The minimum atomic E-state index is -1.10. The lowest BCUT2D eigenvalue weighted by Crippen LogP contribution is -1.99. The fourth-order valence-corrected chi connectivity index (χ4v) is 1.05. The predicted octanol–water partition coefficient (Wildman–Crippen LogP) is 2.05. The number of aromatic hydroxyl groups is 1. The van der Waals surface area contributed by atoms with E-state index in [9.17, 15) is 9.90 Å². The number of phenolic OH excluding ortho intramolecular Hbond substituents is 1. The molecular formula is C11H12O4. The van der Waals surface area contributed by atoms with Crippen LogP contribution in [-0.2, 0) is 0 Å². The van der Waals surface area contributed by atoms with Gasteiger partial charge in [-0.25, -0.2) is 4.79 Å². The molecule has 1 rings (SSSR count). The molecule has 80 valence electrons. The van der Waals surface area contributed by atoms with Gasteiger partial charge in [-0.2, -0.15) is 0 Å². The third-order valence-corrected chi connectivity index (χ3v) is 1.73. The van der Waals surface area contributed by atoms with Crippen LogP contribution in [0, 0.1) is 0 Å². The first-order chi connectivity index (χ1) is 7.13. The molecule has 0 spiro atoms. The van der Waals surface area contributed by atoms with E-state index in [1.165, 1.54) is 18.2 Å². The third-order valence-electron chi connectivity index (χ3n) is 1.73. The maximum atomic E-state index is 10.7. The number of hydrogen-bond acceptors (Lipinski definition) is 3. The van der Waals surface area contributed by atoms with Gasteiger partial charge in [0.05, 0.1) is 12.2 Å². The van der Waals surface area contributed by atoms with Gasteiger partial charge in [-0.15, -0.1) is 6.58 Å². The van der Waals surface area contributed by atoms with Crippen LogP contribution >= 0.6 is 0 Å². The molecule has 0 saturated carbocycles. The summed E-state index contributed by atoms with van der Waals surface area (Å²) in [6.07, 6.45) is 2.36. The molecule has 1 aromatic rings. The smallest absolute Gasteiger partial charge is 0.335 e. The van der Waals surface area contributed by atoms with Crippen LogP contribution in [-0.4, -0.2) is 22.8 Å². The molecule has 4 heteroatoms. The van der Waals surface area contributed by atoms with Crippen molar-refractivity contribution in [3.63, 3.8) is 0 Å². The Morgan fingerprint density at radius 3 is 2.80 bits per heavy atom. The van der Waals surface area contributed by atoms with Crippen LogP contribution in [0.2, 0.25) is 0 Å². The molecule has 4 nitrogen and oxygen atoms in total. The van der Waals surface area contributed by atoms with Gasteiger partial charge in [0.1, 0.15) is 11.5 Å². The van der Waals surface area contributed by atoms with Crippen LogP contribution in [0.25, 0.3) is 0 Å². The van der Waals surface area contributed by atoms with E-state index in [1.807, 2.05) is 0 Å². The van der Waals surface area contributed by atoms with Crippen LogP contribution < -0.4 is 4.74 Å². The van der Waals surface area contributed by atoms with Crippen LogP contribution in [0.15, 0.2) is 30.9 Å². The van der Waals surface area contributed by atoms with Gasteiger partial charge in [-0.3, -0.25) is 0 Å². The molecule has 0 bridgehead atoms. The molecule has 2 N–H and O–H groups in total. The molecule has 0 saturated heterocycles. The Morgan fingerprint density at radius 2 is 2.20 bits per heavy atom. The Hall–Kier alpha value is -1.97. The lowest BCUT2D eigenvalue weighted by Gasteiger charge is -2.06. The van der Waals surface area contributed by atoms with Crippen LogP contribution in [0.5, 0.6) is 11.5 Å². The molecule has 0 atom stereocenters.